The quantitative estimate of drug-likeness (QED) is 0.454. The van der Waals surface area contributed by atoms with Crippen molar-refractivity contribution < 1.29 is 19.3 Å². The Morgan fingerprint density at radius 1 is 1.32 bits per heavy atom. The van der Waals surface area contributed by atoms with Gasteiger partial charge >= 0.3 is 6.03 Å². The van der Waals surface area contributed by atoms with Gasteiger partial charge in [0.15, 0.2) is 0 Å². The van der Waals surface area contributed by atoms with Crippen molar-refractivity contribution in [3.63, 3.8) is 0 Å². The predicted octanol–water partition coefficient (Wildman–Crippen LogP) is 2.06. The first kappa shape index (κ1) is 19.8. The van der Waals surface area contributed by atoms with Gasteiger partial charge in [0.05, 0.1) is 4.92 Å². The highest BCUT2D eigenvalue weighted by Gasteiger charge is 2.49. The molecule has 9 heteroatoms. The summed E-state index contributed by atoms with van der Waals surface area (Å²) in [5, 5.41) is 16.5. The topological polar surface area (TPSA) is 122 Å². The molecule has 1 saturated heterocycles. The third-order valence-corrected chi connectivity index (χ3v) is 5.59. The van der Waals surface area contributed by atoms with E-state index in [-0.39, 0.29) is 24.2 Å². The van der Waals surface area contributed by atoms with Gasteiger partial charge in [-0.3, -0.25) is 24.6 Å². The summed E-state index contributed by atoms with van der Waals surface area (Å²) in [7, 11) is 0. The van der Waals surface area contributed by atoms with Crippen molar-refractivity contribution in [2.24, 2.45) is 5.92 Å². The number of imide groups is 1. The lowest BCUT2D eigenvalue weighted by Gasteiger charge is -2.27. The van der Waals surface area contributed by atoms with Crippen LogP contribution in [0.1, 0.15) is 45.1 Å². The number of hydrogen-bond donors (Lipinski definition) is 2. The molecule has 4 amide bonds. The maximum Gasteiger partial charge on any atom is 0.325 e. The highest BCUT2D eigenvalue weighted by atomic mass is 16.6. The Bertz CT molecular complexity index is 818. The van der Waals surface area contributed by atoms with Gasteiger partial charge in [-0.2, -0.15) is 0 Å². The van der Waals surface area contributed by atoms with Crippen LogP contribution in [-0.2, 0) is 15.1 Å². The van der Waals surface area contributed by atoms with Gasteiger partial charge in [-0.05, 0) is 44.1 Å². The Morgan fingerprint density at radius 2 is 2.00 bits per heavy atom. The lowest BCUT2D eigenvalue weighted by molar-refractivity contribution is -0.385. The second kappa shape index (κ2) is 7.57. The fraction of sp³-hybridized carbons (Fsp3) is 0.526. The first-order valence-electron chi connectivity index (χ1n) is 9.39. The zero-order valence-electron chi connectivity index (χ0n) is 15.9. The number of carbonyl (C=O) groups is 3. The standard InChI is InChI=1S/C19H24N4O5/c1-12-6-8-14(9-7-12)20-16(24)11-22-17(25)19(2,21-18(22)26)13-4-3-5-15(10-13)23(27)28/h3-5,10,12,14H,6-9,11H2,1-2H3,(H,20,24)(H,21,26)/t12?,14?,19-/m1/s1. The molecule has 2 N–H and O–H groups in total. The Balaban J connectivity index is 1.70. The molecule has 1 aliphatic carbocycles. The van der Waals surface area contributed by atoms with Crippen molar-refractivity contribution >= 4 is 23.5 Å². The number of non-ortho nitro benzene ring substituents is 1. The van der Waals surface area contributed by atoms with Gasteiger partial charge in [-0.15, -0.1) is 0 Å². The van der Waals surface area contributed by atoms with E-state index in [1.165, 1.54) is 31.2 Å². The Hall–Kier alpha value is -2.97. The van der Waals surface area contributed by atoms with Gasteiger partial charge in [-0.25, -0.2) is 4.79 Å². The van der Waals surface area contributed by atoms with E-state index in [9.17, 15) is 24.5 Å². The third-order valence-electron chi connectivity index (χ3n) is 5.59. The number of nitro benzene ring substituents is 1. The highest BCUT2D eigenvalue weighted by molar-refractivity contribution is 6.09. The van der Waals surface area contributed by atoms with Gasteiger partial charge < -0.3 is 10.6 Å². The van der Waals surface area contributed by atoms with Crippen LogP contribution in [0.3, 0.4) is 0 Å². The molecule has 1 saturated carbocycles. The number of hydrogen-bond acceptors (Lipinski definition) is 5. The number of nitro groups is 1. The maximum atomic E-state index is 12.9. The van der Waals surface area contributed by atoms with Crippen LogP contribution in [0.15, 0.2) is 24.3 Å². The van der Waals surface area contributed by atoms with Crippen LogP contribution in [-0.4, -0.2) is 40.3 Å². The second-order valence-electron chi connectivity index (χ2n) is 7.78. The van der Waals surface area contributed by atoms with E-state index in [0.717, 1.165) is 30.6 Å². The van der Waals surface area contributed by atoms with Gasteiger partial charge in [0.1, 0.15) is 12.1 Å². The summed E-state index contributed by atoms with van der Waals surface area (Å²) >= 11 is 0. The molecule has 2 aliphatic rings. The van der Waals surface area contributed by atoms with Crippen molar-refractivity contribution in [2.75, 3.05) is 6.54 Å². The molecule has 1 heterocycles. The number of amides is 4. The number of urea groups is 1. The first-order chi connectivity index (χ1) is 13.2. The van der Waals surface area contributed by atoms with Crippen LogP contribution in [0, 0.1) is 16.0 Å². The lowest BCUT2D eigenvalue weighted by Crippen LogP contribution is -2.46. The number of nitrogens with one attached hydrogen (secondary N) is 2. The van der Waals surface area contributed by atoms with Crippen molar-refractivity contribution in [3.8, 4) is 0 Å². The van der Waals surface area contributed by atoms with Crippen LogP contribution >= 0.6 is 0 Å². The first-order valence-corrected chi connectivity index (χ1v) is 9.39. The summed E-state index contributed by atoms with van der Waals surface area (Å²) in [4.78, 5) is 48.9. The third kappa shape index (κ3) is 3.83. The van der Waals surface area contributed by atoms with Crippen LogP contribution in [0.4, 0.5) is 10.5 Å². The average Bonchev–Trinajstić information content (AvgIpc) is 2.88. The SMILES string of the molecule is CC1CCC(NC(=O)CN2C(=O)N[C@](C)(c3cccc([N+](=O)[O-])c3)C2=O)CC1. The molecule has 0 aromatic heterocycles. The molecule has 0 spiro atoms. The van der Waals surface area contributed by atoms with Gasteiger partial charge in [0.2, 0.25) is 5.91 Å². The minimum absolute atomic E-state index is 0.0626. The predicted molar refractivity (Wildman–Crippen MR) is 100 cm³/mol. The van der Waals surface area contributed by atoms with Gasteiger partial charge in [-0.1, -0.05) is 19.1 Å². The highest BCUT2D eigenvalue weighted by Crippen LogP contribution is 2.31. The summed E-state index contributed by atoms with van der Waals surface area (Å²) in [6.45, 7) is 3.29. The summed E-state index contributed by atoms with van der Waals surface area (Å²) in [5.41, 5.74) is -1.34. The molecule has 1 aromatic rings. The summed E-state index contributed by atoms with van der Waals surface area (Å²) in [6, 6.07) is 4.93. The molecule has 1 aromatic carbocycles. The molecular formula is C19H24N4O5. The molecule has 0 radical (unpaired) electrons. The Labute approximate surface area is 162 Å². The zero-order valence-corrected chi connectivity index (χ0v) is 15.9. The minimum Gasteiger partial charge on any atom is -0.352 e. The zero-order chi connectivity index (χ0) is 20.5. The molecule has 2 fully saturated rings. The van der Waals surface area contributed by atoms with E-state index in [2.05, 4.69) is 17.6 Å². The smallest absolute Gasteiger partial charge is 0.325 e. The normalized spacial score (nSPS) is 27.4. The molecule has 3 rings (SSSR count). The van der Waals surface area contributed by atoms with E-state index in [1.807, 2.05) is 0 Å². The van der Waals surface area contributed by atoms with E-state index in [1.54, 1.807) is 0 Å². The fourth-order valence-electron chi connectivity index (χ4n) is 3.79. The van der Waals surface area contributed by atoms with Gasteiger partial charge in [0.25, 0.3) is 11.6 Å². The van der Waals surface area contributed by atoms with Crippen molar-refractivity contribution in [3.05, 3.63) is 39.9 Å². The lowest BCUT2D eigenvalue weighted by atomic mass is 9.87. The molecule has 28 heavy (non-hydrogen) atoms. The average molecular weight is 388 g/mol. The molecule has 9 nitrogen and oxygen atoms in total. The molecule has 150 valence electrons. The van der Waals surface area contributed by atoms with Crippen molar-refractivity contribution in [1.29, 1.82) is 0 Å². The Morgan fingerprint density at radius 3 is 2.64 bits per heavy atom. The number of benzene rings is 1. The molecule has 0 unspecified atom stereocenters. The largest absolute Gasteiger partial charge is 0.352 e. The maximum absolute atomic E-state index is 12.9. The van der Waals surface area contributed by atoms with Crippen LogP contribution in [0.25, 0.3) is 0 Å². The van der Waals surface area contributed by atoms with Crippen molar-refractivity contribution in [2.45, 2.75) is 51.1 Å². The number of carbonyl (C=O) groups excluding carboxylic acids is 3. The summed E-state index contributed by atoms with van der Waals surface area (Å²) < 4.78 is 0. The monoisotopic (exact) mass is 388 g/mol. The number of rotatable bonds is 5. The fourth-order valence-corrected chi connectivity index (χ4v) is 3.79. The minimum atomic E-state index is -1.45. The second-order valence-corrected chi connectivity index (χ2v) is 7.78. The molecule has 0 bridgehead atoms. The molecule has 1 atom stereocenters. The number of nitrogens with zero attached hydrogens (tertiary/aromatic N) is 2. The Kier molecular flexibility index (Phi) is 5.35. The van der Waals surface area contributed by atoms with E-state index in [0.29, 0.717) is 11.5 Å². The summed E-state index contributed by atoms with van der Waals surface area (Å²) in [5.74, 6) is -0.341. The van der Waals surface area contributed by atoms with Crippen LogP contribution in [0.5, 0.6) is 0 Å². The van der Waals surface area contributed by atoms with Gasteiger partial charge in [0, 0.05) is 18.2 Å². The van der Waals surface area contributed by atoms with E-state index >= 15 is 0 Å². The van der Waals surface area contributed by atoms with E-state index in [4.69, 9.17) is 0 Å². The molecule has 1 aliphatic heterocycles. The molecular weight excluding hydrogens is 364 g/mol. The van der Waals surface area contributed by atoms with Crippen LogP contribution in [0.2, 0.25) is 0 Å². The summed E-state index contributed by atoms with van der Waals surface area (Å²) in [6.07, 6.45) is 3.86. The van der Waals surface area contributed by atoms with Crippen LogP contribution < -0.4 is 10.6 Å². The van der Waals surface area contributed by atoms with Crippen molar-refractivity contribution in [1.82, 2.24) is 15.5 Å². The van der Waals surface area contributed by atoms with E-state index < -0.39 is 22.4 Å².